The summed E-state index contributed by atoms with van der Waals surface area (Å²) in [6, 6.07) is 5.62. The van der Waals surface area contributed by atoms with E-state index in [2.05, 4.69) is 15.3 Å². The number of rotatable bonds is 7. The van der Waals surface area contributed by atoms with E-state index in [0.29, 0.717) is 0 Å². The molecule has 1 heterocycles. The second kappa shape index (κ2) is 8.31. The topological polar surface area (TPSA) is 160 Å². The largest absolute Gasteiger partial charge is 0.545 e. The maximum atomic E-state index is 12.1. The molecule has 0 spiro atoms. The summed E-state index contributed by atoms with van der Waals surface area (Å²) in [4.78, 5) is 30.6. The highest BCUT2D eigenvalue weighted by atomic mass is 32.2. The monoisotopic (exact) mass is 395 g/mol. The summed E-state index contributed by atoms with van der Waals surface area (Å²) in [7, 11) is -1.54. The fourth-order valence-corrected chi connectivity index (χ4v) is 3.09. The van der Waals surface area contributed by atoms with E-state index in [1.54, 1.807) is 4.72 Å². The van der Waals surface area contributed by atoms with Crippen LogP contribution in [-0.4, -0.2) is 44.6 Å². The lowest BCUT2D eigenvalue weighted by molar-refractivity contribution is -0.255. The van der Waals surface area contributed by atoms with E-state index in [4.69, 9.17) is 9.47 Å². The number of hydrogen-bond donors (Lipinski definition) is 2. The molecule has 0 atom stereocenters. The number of benzene rings is 1. The number of nitrogens with one attached hydrogen (secondary N) is 2. The Kier molecular flexibility index (Phi) is 6.13. The lowest BCUT2D eigenvalue weighted by atomic mass is 10.1. The Morgan fingerprint density at radius 3 is 2.26 bits per heavy atom. The lowest BCUT2D eigenvalue weighted by Gasteiger charge is -2.12. The molecule has 2 rings (SSSR count). The van der Waals surface area contributed by atoms with E-state index in [1.807, 2.05) is 0 Å². The van der Waals surface area contributed by atoms with E-state index in [-0.39, 0.29) is 28.8 Å². The molecule has 12 heteroatoms. The number of anilines is 1. The fourth-order valence-electron chi connectivity index (χ4n) is 2.02. The van der Waals surface area contributed by atoms with E-state index in [0.717, 1.165) is 0 Å². The minimum Gasteiger partial charge on any atom is -0.545 e. The molecule has 1 aromatic heterocycles. The third-order valence-corrected chi connectivity index (χ3v) is 4.34. The van der Waals surface area contributed by atoms with Crippen molar-refractivity contribution in [2.45, 2.75) is 5.75 Å². The Labute approximate surface area is 154 Å². The zero-order chi connectivity index (χ0) is 20.0. The van der Waals surface area contributed by atoms with Crippen molar-refractivity contribution in [2.24, 2.45) is 0 Å². The number of nitrogens with zero attached hydrogens (tertiary/aromatic N) is 2. The SMILES string of the molecule is COc1cc(OC)nc(NC(=O)NS(=O)(=O)Cc2ccccc2C(=O)[O-])n1. The van der Waals surface area contributed by atoms with Gasteiger partial charge in [-0.05, 0) is 5.56 Å². The van der Waals surface area contributed by atoms with Crippen molar-refractivity contribution in [1.29, 1.82) is 0 Å². The number of carbonyl (C=O) groups excluding carboxylic acids is 2. The van der Waals surface area contributed by atoms with Gasteiger partial charge in [0.05, 0.1) is 32.0 Å². The van der Waals surface area contributed by atoms with Crippen LogP contribution in [0.15, 0.2) is 30.3 Å². The number of carbonyl (C=O) groups is 2. The quantitative estimate of drug-likeness (QED) is 0.630. The van der Waals surface area contributed by atoms with Crippen molar-refractivity contribution in [3.63, 3.8) is 0 Å². The van der Waals surface area contributed by atoms with Gasteiger partial charge in [0.2, 0.25) is 27.7 Å². The molecular weight excluding hydrogens is 380 g/mol. The van der Waals surface area contributed by atoms with Crippen LogP contribution in [0.5, 0.6) is 11.8 Å². The van der Waals surface area contributed by atoms with Crippen LogP contribution in [0.25, 0.3) is 0 Å². The summed E-state index contributed by atoms with van der Waals surface area (Å²) in [5.74, 6) is -2.35. The summed E-state index contributed by atoms with van der Waals surface area (Å²) in [5.41, 5.74) is -0.318. The molecule has 0 saturated carbocycles. The summed E-state index contributed by atoms with van der Waals surface area (Å²) < 4.78 is 35.9. The van der Waals surface area contributed by atoms with Crippen LogP contribution in [0.4, 0.5) is 10.7 Å². The van der Waals surface area contributed by atoms with Crippen molar-refractivity contribution >= 4 is 28.0 Å². The van der Waals surface area contributed by atoms with Crippen molar-refractivity contribution in [2.75, 3.05) is 19.5 Å². The first-order valence-electron chi connectivity index (χ1n) is 7.32. The summed E-state index contributed by atoms with van der Waals surface area (Å²) in [5, 5.41) is 13.2. The molecule has 144 valence electrons. The third kappa shape index (κ3) is 5.54. The number of aromatic carboxylic acids is 1. The average Bonchev–Trinajstić information content (AvgIpc) is 2.60. The van der Waals surface area contributed by atoms with Gasteiger partial charge in [0, 0.05) is 5.56 Å². The molecule has 0 aliphatic carbocycles. The van der Waals surface area contributed by atoms with Crippen molar-refractivity contribution in [1.82, 2.24) is 14.7 Å². The van der Waals surface area contributed by atoms with E-state index in [1.165, 1.54) is 44.6 Å². The van der Waals surface area contributed by atoms with Crippen LogP contribution in [0, 0.1) is 0 Å². The number of sulfonamides is 1. The van der Waals surface area contributed by atoms with Crippen LogP contribution in [0.2, 0.25) is 0 Å². The van der Waals surface area contributed by atoms with Gasteiger partial charge in [0.25, 0.3) is 0 Å². The van der Waals surface area contributed by atoms with E-state index >= 15 is 0 Å². The zero-order valence-corrected chi connectivity index (χ0v) is 15.1. The van der Waals surface area contributed by atoms with E-state index < -0.39 is 27.8 Å². The van der Waals surface area contributed by atoms with Crippen LogP contribution >= 0.6 is 0 Å². The Morgan fingerprint density at radius 1 is 1.11 bits per heavy atom. The van der Waals surface area contributed by atoms with Gasteiger partial charge in [-0.1, -0.05) is 24.3 Å². The number of hydrogen-bond acceptors (Lipinski definition) is 9. The van der Waals surface area contributed by atoms with Gasteiger partial charge >= 0.3 is 6.03 Å². The Bertz CT molecular complexity index is 940. The Morgan fingerprint density at radius 2 is 1.70 bits per heavy atom. The summed E-state index contributed by atoms with van der Waals surface area (Å²) >= 11 is 0. The minimum atomic E-state index is -4.21. The van der Waals surface area contributed by atoms with Crippen molar-refractivity contribution in [3.05, 3.63) is 41.5 Å². The second-order valence-electron chi connectivity index (χ2n) is 5.04. The first kappa shape index (κ1) is 19.9. The average molecular weight is 395 g/mol. The third-order valence-electron chi connectivity index (χ3n) is 3.15. The number of carboxylic acids is 1. The maximum absolute atomic E-state index is 12.1. The smallest absolute Gasteiger partial charge is 0.335 e. The predicted octanol–water partition coefficient (Wildman–Crippen LogP) is -0.491. The number of amides is 2. The van der Waals surface area contributed by atoms with Gasteiger partial charge < -0.3 is 19.4 Å². The minimum absolute atomic E-state index is 0.0305. The number of methoxy groups -OCH3 is 2. The first-order chi connectivity index (χ1) is 12.7. The highest BCUT2D eigenvalue weighted by Gasteiger charge is 2.19. The van der Waals surface area contributed by atoms with Crippen LogP contribution in [0.1, 0.15) is 15.9 Å². The number of aromatic nitrogens is 2. The molecule has 0 unspecified atom stereocenters. The summed E-state index contributed by atoms with van der Waals surface area (Å²) in [6.07, 6.45) is 0. The molecule has 0 fully saturated rings. The molecule has 0 aliphatic rings. The maximum Gasteiger partial charge on any atom is 0.335 e. The molecule has 2 amide bonds. The van der Waals surface area contributed by atoms with E-state index in [9.17, 15) is 23.1 Å². The molecule has 2 aromatic rings. The number of ether oxygens (including phenoxy) is 2. The van der Waals surface area contributed by atoms with Crippen LogP contribution in [-0.2, 0) is 15.8 Å². The molecule has 11 nitrogen and oxygen atoms in total. The predicted molar refractivity (Wildman–Crippen MR) is 90.7 cm³/mol. The van der Waals surface area contributed by atoms with Crippen LogP contribution in [0.3, 0.4) is 0 Å². The van der Waals surface area contributed by atoms with Gasteiger partial charge in [-0.3, -0.25) is 5.32 Å². The highest BCUT2D eigenvalue weighted by Crippen LogP contribution is 2.17. The summed E-state index contributed by atoms with van der Waals surface area (Å²) in [6.45, 7) is 0. The Balaban J connectivity index is 2.12. The normalized spacial score (nSPS) is 10.7. The molecule has 0 saturated heterocycles. The van der Waals surface area contributed by atoms with Gasteiger partial charge in [-0.25, -0.2) is 17.9 Å². The lowest BCUT2D eigenvalue weighted by Crippen LogP contribution is -2.36. The molecule has 0 aliphatic heterocycles. The fraction of sp³-hybridized carbons (Fsp3) is 0.200. The highest BCUT2D eigenvalue weighted by molar-refractivity contribution is 7.89. The van der Waals surface area contributed by atoms with Crippen LogP contribution < -0.4 is 24.6 Å². The van der Waals surface area contributed by atoms with Gasteiger partial charge in [0.1, 0.15) is 0 Å². The van der Waals surface area contributed by atoms with Crippen molar-refractivity contribution < 1.29 is 32.6 Å². The Hall–Kier alpha value is -3.41. The molecule has 27 heavy (non-hydrogen) atoms. The first-order valence-corrected chi connectivity index (χ1v) is 8.97. The van der Waals surface area contributed by atoms with Gasteiger partial charge in [-0.15, -0.1) is 0 Å². The second-order valence-corrected chi connectivity index (χ2v) is 6.76. The van der Waals surface area contributed by atoms with Gasteiger partial charge in [0.15, 0.2) is 0 Å². The molecule has 1 aromatic carbocycles. The van der Waals surface area contributed by atoms with Crippen molar-refractivity contribution in [3.8, 4) is 11.8 Å². The van der Waals surface area contributed by atoms with Gasteiger partial charge in [-0.2, -0.15) is 9.97 Å². The molecular formula is C15H15N4O7S-. The molecule has 0 bridgehead atoms. The number of urea groups is 1. The molecule has 0 radical (unpaired) electrons. The molecule has 2 N–H and O–H groups in total. The number of carboxylic acid groups (broad SMARTS) is 1. The standard InChI is InChI=1S/C15H16N4O7S/c1-25-11-7-12(26-2)17-14(16-11)18-15(22)19-27(23,24)8-9-5-3-4-6-10(9)13(20)21/h3-7H,8H2,1-2H3,(H,20,21)(H2,16,17,18,19,22)/p-1. The zero-order valence-electron chi connectivity index (χ0n) is 14.3.